The number of hydrogen-bond donors (Lipinski definition) is 1. The molecule has 1 aliphatic heterocycles. The van der Waals surface area contributed by atoms with Gasteiger partial charge in [0.05, 0.1) is 19.3 Å². The molecule has 2 rings (SSSR count). The molecule has 18 heavy (non-hydrogen) atoms. The molecule has 7 heteroatoms. The van der Waals surface area contributed by atoms with E-state index in [1.807, 2.05) is 0 Å². The van der Waals surface area contributed by atoms with Crippen LogP contribution in [0.2, 0.25) is 0 Å². The average Bonchev–Trinajstić information content (AvgIpc) is 2.22. The molecule has 1 fully saturated rings. The molecule has 0 atom stereocenters. The van der Waals surface area contributed by atoms with Gasteiger partial charge in [-0.3, -0.25) is 4.79 Å². The Morgan fingerprint density at radius 1 is 1.28 bits per heavy atom. The van der Waals surface area contributed by atoms with E-state index >= 15 is 0 Å². The van der Waals surface area contributed by atoms with Crippen molar-refractivity contribution in [1.82, 2.24) is 5.32 Å². The molecule has 0 bridgehead atoms. The van der Waals surface area contributed by atoms with E-state index < -0.39 is 6.36 Å². The van der Waals surface area contributed by atoms with Crippen LogP contribution >= 0.6 is 0 Å². The van der Waals surface area contributed by atoms with Gasteiger partial charge in [-0.25, -0.2) is 0 Å². The standard InChI is InChI=1S/C11H10F3NO3/c12-11(13,14)18-9-3-1-7(2-4-9)10(16)15-8-5-17-6-8/h1-4,8H,5-6H2,(H,15,16). The van der Waals surface area contributed by atoms with E-state index in [1.165, 1.54) is 12.1 Å². The summed E-state index contributed by atoms with van der Waals surface area (Å²) in [5, 5.41) is 2.67. The Morgan fingerprint density at radius 3 is 2.33 bits per heavy atom. The van der Waals surface area contributed by atoms with Crippen molar-refractivity contribution in [3.8, 4) is 5.75 Å². The fraction of sp³-hybridized carbons (Fsp3) is 0.364. The molecule has 0 spiro atoms. The van der Waals surface area contributed by atoms with Crippen molar-refractivity contribution in [2.24, 2.45) is 0 Å². The van der Waals surface area contributed by atoms with Gasteiger partial charge < -0.3 is 14.8 Å². The summed E-state index contributed by atoms with van der Waals surface area (Å²) < 4.78 is 44.3. The number of benzene rings is 1. The summed E-state index contributed by atoms with van der Waals surface area (Å²) in [6.07, 6.45) is -4.73. The first-order chi connectivity index (χ1) is 8.44. The molecule has 0 aliphatic carbocycles. The van der Waals surface area contributed by atoms with Crippen LogP contribution in [0.1, 0.15) is 10.4 Å². The molecule has 1 amide bonds. The van der Waals surface area contributed by atoms with Gasteiger partial charge in [0, 0.05) is 5.56 Å². The molecule has 0 radical (unpaired) electrons. The second-order valence-corrected chi connectivity index (χ2v) is 3.78. The van der Waals surface area contributed by atoms with Crippen LogP contribution in [0.3, 0.4) is 0 Å². The molecule has 0 unspecified atom stereocenters. The van der Waals surface area contributed by atoms with Crippen LogP contribution in [0.5, 0.6) is 5.75 Å². The van der Waals surface area contributed by atoms with Crippen LogP contribution in [0, 0.1) is 0 Å². The molecule has 1 aromatic carbocycles. The number of alkyl halides is 3. The molecule has 1 aliphatic rings. The first-order valence-corrected chi connectivity index (χ1v) is 5.18. The highest BCUT2D eigenvalue weighted by Gasteiger charge is 2.31. The number of nitrogens with one attached hydrogen (secondary N) is 1. The van der Waals surface area contributed by atoms with Gasteiger partial charge in [-0.2, -0.15) is 0 Å². The van der Waals surface area contributed by atoms with Crippen LogP contribution in [-0.4, -0.2) is 31.5 Å². The Labute approximate surface area is 101 Å². The Bertz CT molecular complexity index is 426. The second-order valence-electron chi connectivity index (χ2n) is 3.78. The van der Waals surface area contributed by atoms with E-state index in [-0.39, 0.29) is 23.3 Å². The summed E-state index contributed by atoms with van der Waals surface area (Å²) in [6.45, 7) is 0.919. The minimum absolute atomic E-state index is 0.0244. The highest BCUT2D eigenvalue weighted by Crippen LogP contribution is 2.22. The minimum Gasteiger partial charge on any atom is -0.406 e. The Balaban J connectivity index is 1.96. The van der Waals surface area contributed by atoms with Gasteiger partial charge in [0.2, 0.25) is 0 Å². The van der Waals surface area contributed by atoms with Crippen LogP contribution < -0.4 is 10.1 Å². The van der Waals surface area contributed by atoms with Gasteiger partial charge in [-0.15, -0.1) is 13.2 Å². The Hall–Kier alpha value is -1.76. The predicted molar refractivity (Wildman–Crippen MR) is 55.2 cm³/mol. The van der Waals surface area contributed by atoms with E-state index in [1.54, 1.807) is 0 Å². The number of carbonyl (C=O) groups is 1. The Kier molecular flexibility index (Phi) is 3.42. The molecule has 1 heterocycles. The normalized spacial score (nSPS) is 15.9. The van der Waals surface area contributed by atoms with Gasteiger partial charge in [0.1, 0.15) is 5.75 Å². The summed E-state index contributed by atoms with van der Waals surface area (Å²) >= 11 is 0. The van der Waals surface area contributed by atoms with Gasteiger partial charge in [-0.1, -0.05) is 0 Å². The SMILES string of the molecule is O=C(NC1COC1)c1ccc(OC(F)(F)F)cc1. The molecule has 4 nitrogen and oxygen atoms in total. The largest absolute Gasteiger partial charge is 0.573 e. The third-order valence-corrected chi connectivity index (χ3v) is 2.32. The fourth-order valence-corrected chi connectivity index (χ4v) is 1.40. The van der Waals surface area contributed by atoms with Crippen molar-refractivity contribution in [1.29, 1.82) is 0 Å². The Morgan fingerprint density at radius 2 is 1.89 bits per heavy atom. The van der Waals surface area contributed by atoms with Crippen LogP contribution in [-0.2, 0) is 4.74 Å². The molecule has 0 saturated carbocycles. The van der Waals surface area contributed by atoms with Crippen molar-refractivity contribution in [3.63, 3.8) is 0 Å². The van der Waals surface area contributed by atoms with Crippen molar-refractivity contribution in [2.75, 3.05) is 13.2 Å². The maximum atomic E-state index is 11.9. The first-order valence-electron chi connectivity index (χ1n) is 5.18. The predicted octanol–water partition coefficient (Wildman–Crippen LogP) is 1.71. The summed E-state index contributed by atoms with van der Waals surface area (Å²) in [6, 6.07) is 4.72. The lowest BCUT2D eigenvalue weighted by Gasteiger charge is -2.26. The van der Waals surface area contributed by atoms with Crippen molar-refractivity contribution in [3.05, 3.63) is 29.8 Å². The number of hydrogen-bond acceptors (Lipinski definition) is 3. The highest BCUT2D eigenvalue weighted by atomic mass is 19.4. The van der Waals surface area contributed by atoms with Gasteiger partial charge >= 0.3 is 6.36 Å². The molecule has 1 saturated heterocycles. The lowest BCUT2D eigenvalue weighted by molar-refractivity contribution is -0.274. The summed E-state index contributed by atoms with van der Waals surface area (Å²) in [5.74, 6) is -0.701. The molecular weight excluding hydrogens is 251 g/mol. The average molecular weight is 261 g/mol. The summed E-state index contributed by atoms with van der Waals surface area (Å²) in [4.78, 5) is 11.6. The molecular formula is C11H10F3NO3. The van der Waals surface area contributed by atoms with Crippen molar-refractivity contribution >= 4 is 5.91 Å². The smallest absolute Gasteiger partial charge is 0.406 e. The lowest BCUT2D eigenvalue weighted by atomic mass is 10.2. The second kappa shape index (κ2) is 4.85. The molecule has 98 valence electrons. The molecule has 0 aromatic heterocycles. The number of carbonyl (C=O) groups excluding carboxylic acids is 1. The number of rotatable bonds is 3. The summed E-state index contributed by atoms with van der Waals surface area (Å²) in [5.41, 5.74) is 0.274. The maximum absolute atomic E-state index is 11.9. The van der Waals surface area contributed by atoms with Crippen LogP contribution in [0.15, 0.2) is 24.3 Å². The third-order valence-electron chi connectivity index (χ3n) is 2.32. The minimum atomic E-state index is -4.73. The van der Waals surface area contributed by atoms with E-state index in [9.17, 15) is 18.0 Å². The molecule has 1 N–H and O–H groups in total. The first kappa shape index (κ1) is 12.7. The van der Waals surface area contributed by atoms with Gasteiger partial charge in [-0.05, 0) is 24.3 Å². The zero-order chi connectivity index (χ0) is 13.2. The summed E-state index contributed by atoms with van der Waals surface area (Å²) in [7, 11) is 0. The van der Waals surface area contributed by atoms with Crippen molar-refractivity contribution in [2.45, 2.75) is 12.4 Å². The quantitative estimate of drug-likeness (QED) is 0.901. The van der Waals surface area contributed by atoms with Crippen LogP contribution in [0.25, 0.3) is 0 Å². The highest BCUT2D eigenvalue weighted by molar-refractivity contribution is 5.94. The van der Waals surface area contributed by atoms with E-state index in [2.05, 4.69) is 10.1 Å². The van der Waals surface area contributed by atoms with Crippen LogP contribution in [0.4, 0.5) is 13.2 Å². The maximum Gasteiger partial charge on any atom is 0.573 e. The third kappa shape index (κ3) is 3.36. The van der Waals surface area contributed by atoms with E-state index in [0.717, 1.165) is 12.1 Å². The number of amides is 1. The molecule has 1 aromatic rings. The van der Waals surface area contributed by atoms with Crippen molar-refractivity contribution < 1.29 is 27.4 Å². The fourth-order valence-electron chi connectivity index (χ4n) is 1.40. The van der Waals surface area contributed by atoms with Gasteiger partial charge in [0.15, 0.2) is 0 Å². The van der Waals surface area contributed by atoms with E-state index in [4.69, 9.17) is 4.74 Å². The zero-order valence-electron chi connectivity index (χ0n) is 9.16. The van der Waals surface area contributed by atoms with Gasteiger partial charge in [0.25, 0.3) is 5.91 Å². The lowest BCUT2D eigenvalue weighted by Crippen LogP contribution is -2.48. The number of ether oxygens (including phenoxy) is 2. The topological polar surface area (TPSA) is 47.6 Å². The van der Waals surface area contributed by atoms with E-state index in [0.29, 0.717) is 13.2 Å². The zero-order valence-corrected chi connectivity index (χ0v) is 9.16. The monoisotopic (exact) mass is 261 g/mol. The number of halogens is 3.